The van der Waals surface area contributed by atoms with Crippen LogP contribution in [0.4, 0.5) is 5.69 Å². The van der Waals surface area contributed by atoms with Crippen LogP contribution in [0, 0.1) is 0 Å². The molecule has 0 bridgehead atoms. The quantitative estimate of drug-likeness (QED) is 0.505. The van der Waals surface area contributed by atoms with Crippen molar-refractivity contribution in [3.8, 4) is 0 Å². The highest BCUT2D eigenvalue weighted by molar-refractivity contribution is 6.42. The summed E-state index contributed by atoms with van der Waals surface area (Å²) in [6.07, 6.45) is 1.57. The van der Waals surface area contributed by atoms with Gasteiger partial charge in [0.2, 0.25) is 0 Å². The summed E-state index contributed by atoms with van der Waals surface area (Å²) in [5.41, 5.74) is 2.17. The maximum absolute atomic E-state index is 13.2. The minimum atomic E-state index is -0.638. The van der Waals surface area contributed by atoms with Crippen LogP contribution in [-0.4, -0.2) is 32.1 Å². The van der Waals surface area contributed by atoms with E-state index in [0.29, 0.717) is 27.5 Å². The number of carbonyl (C=O) groups excluding carboxylic acids is 3. The van der Waals surface area contributed by atoms with E-state index in [1.165, 1.54) is 19.1 Å². The summed E-state index contributed by atoms with van der Waals surface area (Å²) in [5, 5.41) is 0.633. The fraction of sp³-hybridized carbons (Fsp3) is 0.136. The van der Waals surface area contributed by atoms with Gasteiger partial charge in [-0.25, -0.2) is 9.59 Å². The fourth-order valence-corrected chi connectivity index (χ4v) is 3.41. The molecular weight excluding hydrogens is 429 g/mol. The standard InChI is InChI=1S/C22H17Cl2NO5/c1-12-19(22(28)30-3)16(10-13-4-6-14(7-5-13)21(27)29-2)20(26)25(12)15-8-9-17(23)18(24)11-15/h4-11H,1-3H3. The molecule has 6 nitrogen and oxygen atoms in total. The minimum Gasteiger partial charge on any atom is -0.465 e. The van der Waals surface area contributed by atoms with Crippen molar-refractivity contribution in [3.05, 3.63) is 80.5 Å². The van der Waals surface area contributed by atoms with E-state index in [-0.39, 0.29) is 16.2 Å². The molecule has 0 saturated heterocycles. The van der Waals surface area contributed by atoms with E-state index in [2.05, 4.69) is 4.74 Å². The van der Waals surface area contributed by atoms with Crippen molar-refractivity contribution in [1.29, 1.82) is 0 Å². The number of halogens is 2. The van der Waals surface area contributed by atoms with E-state index >= 15 is 0 Å². The van der Waals surface area contributed by atoms with E-state index < -0.39 is 17.8 Å². The number of methoxy groups -OCH3 is 2. The van der Waals surface area contributed by atoms with Gasteiger partial charge in [0.25, 0.3) is 5.91 Å². The zero-order valence-corrected chi connectivity index (χ0v) is 17.9. The number of nitrogens with zero attached hydrogens (tertiary/aromatic N) is 1. The molecule has 0 aromatic heterocycles. The summed E-state index contributed by atoms with van der Waals surface area (Å²) >= 11 is 12.1. The number of hydrogen-bond donors (Lipinski definition) is 0. The lowest BCUT2D eigenvalue weighted by molar-refractivity contribution is -0.136. The van der Waals surface area contributed by atoms with Crippen molar-refractivity contribution in [2.24, 2.45) is 0 Å². The van der Waals surface area contributed by atoms with E-state index in [1.54, 1.807) is 55.5 Å². The molecule has 2 aromatic rings. The first kappa shape index (κ1) is 21.6. The van der Waals surface area contributed by atoms with Gasteiger partial charge in [0.15, 0.2) is 0 Å². The van der Waals surface area contributed by atoms with Crippen molar-refractivity contribution in [3.63, 3.8) is 0 Å². The Morgan fingerprint density at radius 2 is 1.57 bits per heavy atom. The van der Waals surface area contributed by atoms with Crippen LogP contribution in [0.2, 0.25) is 10.0 Å². The molecule has 0 fully saturated rings. The maximum Gasteiger partial charge on any atom is 0.340 e. The first-order chi connectivity index (χ1) is 14.3. The van der Waals surface area contributed by atoms with Crippen LogP contribution in [0.5, 0.6) is 0 Å². The maximum atomic E-state index is 13.2. The van der Waals surface area contributed by atoms with E-state index in [1.807, 2.05) is 0 Å². The van der Waals surface area contributed by atoms with Crippen LogP contribution in [0.1, 0.15) is 22.8 Å². The smallest absolute Gasteiger partial charge is 0.340 e. The van der Waals surface area contributed by atoms with Crippen molar-refractivity contribution in [2.45, 2.75) is 6.92 Å². The molecule has 1 heterocycles. The summed E-state index contributed by atoms with van der Waals surface area (Å²) in [4.78, 5) is 38.7. The molecule has 0 unspecified atom stereocenters. The number of benzene rings is 2. The zero-order chi connectivity index (χ0) is 22.0. The van der Waals surface area contributed by atoms with Gasteiger partial charge in [0.1, 0.15) is 0 Å². The van der Waals surface area contributed by atoms with Crippen LogP contribution in [0.3, 0.4) is 0 Å². The number of ether oxygens (including phenoxy) is 2. The average molecular weight is 446 g/mol. The third-order valence-corrected chi connectivity index (χ3v) is 5.33. The van der Waals surface area contributed by atoms with Gasteiger partial charge in [-0.2, -0.15) is 0 Å². The first-order valence-electron chi connectivity index (χ1n) is 8.77. The molecule has 0 radical (unpaired) electrons. The van der Waals surface area contributed by atoms with Gasteiger partial charge in [-0.1, -0.05) is 35.3 Å². The Kier molecular flexibility index (Phi) is 6.29. The van der Waals surface area contributed by atoms with Crippen molar-refractivity contribution < 1.29 is 23.9 Å². The van der Waals surface area contributed by atoms with Gasteiger partial charge >= 0.3 is 11.9 Å². The largest absolute Gasteiger partial charge is 0.465 e. The Bertz CT molecular complexity index is 1100. The van der Waals surface area contributed by atoms with Gasteiger partial charge in [0, 0.05) is 5.70 Å². The number of amides is 1. The molecule has 0 saturated carbocycles. The lowest BCUT2D eigenvalue weighted by Gasteiger charge is -2.18. The Morgan fingerprint density at radius 1 is 0.933 bits per heavy atom. The van der Waals surface area contributed by atoms with E-state index in [9.17, 15) is 14.4 Å². The average Bonchev–Trinajstić information content (AvgIpc) is 2.99. The van der Waals surface area contributed by atoms with Crippen molar-refractivity contribution in [2.75, 3.05) is 19.1 Å². The second kappa shape index (κ2) is 8.73. The Balaban J connectivity index is 2.08. The molecule has 2 aromatic carbocycles. The van der Waals surface area contributed by atoms with Gasteiger partial charge in [-0.15, -0.1) is 0 Å². The van der Waals surface area contributed by atoms with Gasteiger partial charge < -0.3 is 9.47 Å². The highest BCUT2D eigenvalue weighted by Crippen LogP contribution is 2.37. The molecule has 1 aliphatic rings. The minimum absolute atomic E-state index is 0.144. The lowest BCUT2D eigenvalue weighted by atomic mass is 10.0. The number of esters is 2. The van der Waals surface area contributed by atoms with Crippen molar-refractivity contribution in [1.82, 2.24) is 0 Å². The van der Waals surface area contributed by atoms with Crippen LogP contribution < -0.4 is 4.90 Å². The zero-order valence-electron chi connectivity index (χ0n) is 16.4. The second-order valence-electron chi connectivity index (χ2n) is 6.36. The summed E-state index contributed by atoms with van der Waals surface area (Å²) in [6.45, 7) is 1.65. The summed E-state index contributed by atoms with van der Waals surface area (Å²) in [7, 11) is 2.54. The van der Waals surface area contributed by atoms with E-state index in [4.69, 9.17) is 27.9 Å². The highest BCUT2D eigenvalue weighted by Gasteiger charge is 2.38. The molecule has 0 aliphatic carbocycles. The number of carbonyl (C=O) groups is 3. The predicted octanol–water partition coefficient (Wildman–Crippen LogP) is 4.66. The lowest BCUT2D eigenvalue weighted by Crippen LogP contribution is -2.24. The Hall–Kier alpha value is -3.09. The Labute approximate surface area is 183 Å². The molecular formula is C22H17Cl2NO5. The summed E-state index contributed by atoms with van der Waals surface area (Å²) in [6, 6.07) is 11.2. The van der Waals surface area contributed by atoms with Crippen LogP contribution in [0.15, 0.2) is 59.3 Å². The normalized spacial score (nSPS) is 15.0. The number of anilines is 1. The van der Waals surface area contributed by atoms with Gasteiger partial charge in [0.05, 0.1) is 46.7 Å². The highest BCUT2D eigenvalue weighted by atomic mass is 35.5. The monoisotopic (exact) mass is 445 g/mol. The predicted molar refractivity (Wildman–Crippen MR) is 114 cm³/mol. The molecule has 1 amide bonds. The molecule has 0 spiro atoms. The topological polar surface area (TPSA) is 72.9 Å². The molecule has 3 rings (SSSR count). The van der Waals surface area contributed by atoms with E-state index in [0.717, 1.165) is 0 Å². The van der Waals surface area contributed by atoms with Crippen molar-refractivity contribution >= 4 is 52.8 Å². The Morgan fingerprint density at radius 3 is 2.13 bits per heavy atom. The third kappa shape index (κ3) is 3.97. The van der Waals surface area contributed by atoms with Crippen LogP contribution in [0.25, 0.3) is 6.08 Å². The summed E-state index contributed by atoms with van der Waals surface area (Å²) in [5.74, 6) is -1.52. The number of hydrogen-bond acceptors (Lipinski definition) is 5. The van der Waals surface area contributed by atoms with Gasteiger partial charge in [-0.3, -0.25) is 9.69 Å². The molecule has 30 heavy (non-hydrogen) atoms. The first-order valence-corrected chi connectivity index (χ1v) is 9.53. The molecule has 8 heteroatoms. The number of allylic oxidation sites excluding steroid dienone is 1. The number of rotatable bonds is 4. The SMILES string of the molecule is COC(=O)C1=C(C)N(c2ccc(Cl)c(Cl)c2)C(=O)C1=Cc1ccc(C(=O)OC)cc1. The second-order valence-corrected chi connectivity index (χ2v) is 7.18. The van der Waals surface area contributed by atoms with Crippen LogP contribution in [-0.2, 0) is 19.1 Å². The van der Waals surface area contributed by atoms with Gasteiger partial charge in [-0.05, 0) is 48.9 Å². The molecule has 1 aliphatic heterocycles. The molecule has 154 valence electrons. The third-order valence-electron chi connectivity index (χ3n) is 4.59. The molecule has 0 atom stereocenters. The van der Waals surface area contributed by atoms with Crippen LogP contribution >= 0.6 is 23.2 Å². The fourth-order valence-electron chi connectivity index (χ4n) is 3.12. The summed E-state index contributed by atoms with van der Waals surface area (Å²) < 4.78 is 9.57. The molecule has 0 N–H and O–H groups in total.